The number of hydrogen-bond donors (Lipinski definition) is 1. The lowest BCUT2D eigenvalue weighted by Crippen LogP contribution is -2.26. The third-order valence-electron chi connectivity index (χ3n) is 4.99. The Bertz CT molecular complexity index is 632. The molecule has 0 bridgehead atoms. The van der Waals surface area contributed by atoms with E-state index >= 15 is 0 Å². The van der Waals surface area contributed by atoms with E-state index in [2.05, 4.69) is 57.9 Å². The van der Waals surface area contributed by atoms with Gasteiger partial charge in [-0.3, -0.25) is 0 Å². The molecule has 20 heavy (non-hydrogen) atoms. The minimum atomic E-state index is 0.477. The Morgan fingerprint density at radius 1 is 1.15 bits per heavy atom. The molecule has 0 radical (unpaired) electrons. The number of aromatic nitrogens is 1. The SMILES string of the molecule is Cc1cc(C)c2[nH]cc(C3CC(C)CC(C)(C)C3)c2c1. The molecule has 108 valence electrons. The van der Waals surface area contributed by atoms with Crippen LogP contribution in [0.15, 0.2) is 18.3 Å². The second-order valence-electron chi connectivity index (χ2n) is 7.86. The molecule has 1 aromatic heterocycles. The molecule has 1 aromatic carbocycles. The molecule has 0 spiro atoms. The molecule has 2 unspecified atom stereocenters. The summed E-state index contributed by atoms with van der Waals surface area (Å²) in [5.41, 5.74) is 6.10. The molecular formula is C19H27N. The first-order valence-electron chi connectivity index (χ1n) is 7.94. The Morgan fingerprint density at radius 3 is 2.60 bits per heavy atom. The Balaban J connectivity index is 2.06. The fraction of sp³-hybridized carbons (Fsp3) is 0.579. The summed E-state index contributed by atoms with van der Waals surface area (Å²) in [5.74, 6) is 1.54. The van der Waals surface area contributed by atoms with Crippen molar-refractivity contribution in [3.63, 3.8) is 0 Å². The monoisotopic (exact) mass is 269 g/mol. The Morgan fingerprint density at radius 2 is 1.90 bits per heavy atom. The van der Waals surface area contributed by atoms with Crippen LogP contribution in [-0.4, -0.2) is 4.98 Å². The van der Waals surface area contributed by atoms with Gasteiger partial charge in [-0.05, 0) is 67.6 Å². The first-order chi connectivity index (χ1) is 9.35. The quantitative estimate of drug-likeness (QED) is 0.682. The van der Waals surface area contributed by atoms with Crippen LogP contribution in [0.1, 0.15) is 62.6 Å². The highest BCUT2D eigenvalue weighted by molar-refractivity contribution is 5.87. The van der Waals surface area contributed by atoms with E-state index in [9.17, 15) is 0 Å². The fourth-order valence-electron chi connectivity index (χ4n) is 4.54. The van der Waals surface area contributed by atoms with Crippen molar-refractivity contribution in [3.05, 3.63) is 35.0 Å². The molecule has 1 heteroatoms. The fourth-order valence-corrected chi connectivity index (χ4v) is 4.54. The van der Waals surface area contributed by atoms with Crippen molar-refractivity contribution in [1.29, 1.82) is 0 Å². The van der Waals surface area contributed by atoms with Crippen LogP contribution in [0.2, 0.25) is 0 Å². The summed E-state index contributed by atoms with van der Waals surface area (Å²) in [6.07, 6.45) is 6.29. The predicted octanol–water partition coefficient (Wildman–Crippen LogP) is 5.71. The molecule has 0 amide bonds. The van der Waals surface area contributed by atoms with Gasteiger partial charge in [0.2, 0.25) is 0 Å². The van der Waals surface area contributed by atoms with Crippen LogP contribution in [0.4, 0.5) is 0 Å². The van der Waals surface area contributed by atoms with E-state index in [1.165, 1.54) is 41.3 Å². The van der Waals surface area contributed by atoms with Gasteiger partial charge in [-0.25, -0.2) is 0 Å². The van der Waals surface area contributed by atoms with Crippen LogP contribution < -0.4 is 0 Å². The van der Waals surface area contributed by atoms with Gasteiger partial charge >= 0.3 is 0 Å². The summed E-state index contributed by atoms with van der Waals surface area (Å²) in [5, 5.41) is 1.46. The molecule has 1 nitrogen and oxygen atoms in total. The molecule has 1 heterocycles. The molecule has 1 N–H and O–H groups in total. The summed E-state index contributed by atoms with van der Waals surface area (Å²) in [6, 6.07) is 4.64. The standard InChI is InChI=1S/C19H27N/c1-12-6-14(3)18-16(8-12)17(11-20-18)15-7-13(2)9-19(4,5)10-15/h6,8,11,13,15,20H,7,9-10H2,1-5H3. The van der Waals surface area contributed by atoms with Crippen molar-refractivity contribution in [2.75, 3.05) is 0 Å². The number of aryl methyl sites for hydroxylation is 2. The van der Waals surface area contributed by atoms with Crippen LogP contribution in [0.25, 0.3) is 10.9 Å². The molecular weight excluding hydrogens is 242 g/mol. The maximum absolute atomic E-state index is 3.52. The summed E-state index contributed by atoms with van der Waals surface area (Å²) in [7, 11) is 0. The van der Waals surface area contributed by atoms with Gasteiger partial charge in [0.1, 0.15) is 0 Å². The van der Waals surface area contributed by atoms with Crippen molar-refractivity contribution < 1.29 is 0 Å². The summed E-state index contributed by atoms with van der Waals surface area (Å²) < 4.78 is 0. The largest absolute Gasteiger partial charge is 0.361 e. The highest BCUT2D eigenvalue weighted by Crippen LogP contribution is 2.47. The van der Waals surface area contributed by atoms with E-state index in [-0.39, 0.29) is 0 Å². The molecule has 2 aromatic rings. The van der Waals surface area contributed by atoms with E-state index in [1.807, 2.05) is 0 Å². The van der Waals surface area contributed by atoms with Gasteiger partial charge in [-0.1, -0.05) is 32.4 Å². The normalized spacial score (nSPS) is 26.1. The highest BCUT2D eigenvalue weighted by atomic mass is 14.7. The number of aromatic amines is 1. The average molecular weight is 269 g/mol. The lowest BCUT2D eigenvalue weighted by molar-refractivity contribution is 0.169. The van der Waals surface area contributed by atoms with Gasteiger partial charge in [0.15, 0.2) is 0 Å². The number of benzene rings is 1. The second kappa shape index (κ2) is 4.65. The summed E-state index contributed by atoms with van der Waals surface area (Å²) in [4.78, 5) is 3.52. The van der Waals surface area contributed by atoms with Crippen LogP contribution in [-0.2, 0) is 0 Å². The first kappa shape index (κ1) is 13.7. The van der Waals surface area contributed by atoms with Crippen LogP contribution in [0.5, 0.6) is 0 Å². The zero-order valence-electron chi connectivity index (χ0n) is 13.5. The minimum Gasteiger partial charge on any atom is -0.361 e. The number of hydrogen-bond acceptors (Lipinski definition) is 0. The van der Waals surface area contributed by atoms with Crippen molar-refractivity contribution in [2.24, 2.45) is 11.3 Å². The molecule has 0 saturated heterocycles. The zero-order valence-corrected chi connectivity index (χ0v) is 13.5. The zero-order chi connectivity index (χ0) is 14.5. The molecule has 1 saturated carbocycles. The maximum Gasteiger partial charge on any atom is 0.0486 e. The van der Waals surface area contributed by atoms with E-state index in [0.29, 0.717) is 11.3 Å². The topological polar surface area (TPSA) is 15.8 Å². The lowest BCUT2D eigenvalue weighted by Gasteiger charge is -2.39. The van der Waals surface area contributed by atoms with Crippen LogP contribution in [0, 0.1) is 25.2 Å². The van der Waals surface area contributed by atoms with Gasteiger partial charge in [-0.15, -0.1) is 0 Å². The first-order valence-corrected chi connectivity index (χ1v) is 7.94. The average Bonchev–Trinajstić information content (AvgIpc) is 2.69. The van der Waals surface area contributed by atoms with E-state index in [1.54, 1.807) is 5.56 Å². The number of nitrogens with one attached hydrogen (secondary N) is 1. The number of rotatable bonds is 1. The number of H-pyrrole nitrogens is 1. The van der Waals surface area contributed by atoms with Crippen molar-refractivity contribution >= 4 is 10.9 Å². The third-order valence-corrected chi connectivity index (χ3v) is 4.99. The summed E-state index contributed by atoms with van der Waals surface area (Å²) >= 11 is 0. The minimum absolute atomic E-state index is 0.477. The van der Waals surface area contributed by atoms with E-state index in [0.717, 1.165) is 5.92 Å². The van der Waals surface area contributed by atoms with Gasteiger partial charge in [0.05, 0.1) is 0 Å². The third kappa shape index (κ3) is 2.39. The van der Waals surface area contributed by atoms with Gasteiger partial charge in [-0.2, -0.15) is 0 Å². The Labute approximate surface area is 122 Å². The van der Waals surface area contributed by atoms with Crippen LogP contribution in [0.3, 0.4) is 0 Å². The van der Waals surface area contributed by atoms with E-state index < -0.39 is 0 Å². The lowest BCUT2D eigenvalue weighted by atomic mass is 9.66. The number of fused-ring (bicyclic) bond motifs is 1. The highest BCUT2D eigenvalue weighted by Gasteiger charge is 2.33. The smallest absolute Gasteiger partial charge is 0.0486 e. The molecule has 1 aliphatic carbocycles. The molecule has 2 atom stereocenters. The van der Waals surface area contributed by atoms with Crippen molar-refractivity contribution in [3.8, 4) is 0 Å². The van der Waals surface area contributed by atoms with Gasteiger partial charge in [0.25, 0.3) is 0 Å². The Hall–Kier alpha value is -1.24. The molecule has 3 rings (SSSR count). The summed E-state index contributed by atoms with van der Waals surface area (Å²) in [6.45, 7) is 11.7. The molecule has 1 aliphatic rings. The van der Waals surface area contributed by atoms with Gasteiger partial charge < -0.3 is 4.98 Å². The van der Waals surface area contributed by atoms with Crippen molar-refractivity contribution in [2.45, 2.75) is 59.8 Å². The maximum atomic E-state index is 3.52. The Kier molecular flexibility index (Phi) is 3.19. The van der Waals surface area contributed by atoms with E-state index in [4.69, 9.17) is 0 Å². The van der Waals surface area contributed by atoms with Crippen molar-refractivity contribution in [1.82, 2.24) is 4.98 Å². The van der Waals surface area contributed by atoms with Gasteiger partial charge in [0, 0.05) is 17.1 Å². The predicted molar refractivity (Wildman–Crippen MR) is 87.3 cm³/mol. The molecule has 1 fully saturated rings. The molecule has 0 aliphatic heterocycles. The second-order valence-corrected chi connectivity index (χ2v) is 7.86. The van der Waals surface area contributed by atoms with Crippen LogP contribution >= 0.6 is 0 Å².